The molecule has 1 aromatic carbocycles. The Balaban J connectivity index is 2.58. The van der Waals surface area contributed by atoms with Crippen LogP contribution in [-0.4, -0.2) is 39.7 Å². The molecule has 4 N–H and O–H groups in total. The molecule has 0 bridgehead atoms. The van der Waals surface area contributed by atoms with Crippen LogP contribution in [0.2, 0.25) is 0 Å². The number of rotatable bonds is 4. The van der Waals surface area contributed by atoms with E-state index in [2.05, 4.69) is 5.32 Å². The monoisotopic (exact) mass is 301 g/mol. The summed E-state index contributed by atoms with van der Waals surface area (Å²) in [5.41, 5.74) is -0.673. The molecular weight excluding hydrogens is 281 g/mol. The standard InChI is InChI=1S/C14H20FNO5/c1-14(2,3)21-13(20)16-7-11(18)12(19)8-4-9(15)6-10(17)5-8/h4-6,11-12,17-19H,7H2,1-3H3,(H,16,20). The lowest BCUT2D eigenvalue weighted by Crippen LogP contribution is -2.38. The smallest absolute Gasteiger partial charge is 0.407 e. The zero-order valence-electron chi connectivity index (χ0n) is 12.1. The van der Waals surface area contributed by atoms with Crippen LogP contribution in [0, 0.1) is 5.82 Å². The predicted octanol–water partition coefficient (Wildman–Crippen LogP) is 1.45. The number of phenols is 1. The molecule has 21 heavy (non-hydrogen) atoms. The lowest BCUT2D eigenvalue weighted by molar-refractivity contribution is 0.0127. The van der Waals surface area contributed by atoms with Gasteiger partial charge in [0.05, 0.1) is 0 Å². The molecular formula is C14H20FNO5. The summed E-state index contributed by atoms with van der Waals surface area (Å²) in [5.74, 6) is -1.10. The fraction of sp³-hybridized carbons (Fsp3) is 0.500. The maximum absolute atomic E-state index is 13.1. The summed E-state index contributed by atoms with van der Waals surface area (Å²) in [6.07, 6.45) is -3.57. The van der Waals surface area contributed by atoms with E-state index < -0.39 is 29.7 Å². The van der Waals surface area contributed by atoms with Gasteiger partial charge in [0.15, 0.2) is 0 Å². The average molecular weight is 301 g/mol. The Morgan fingerprint density at radius 2 is 1.95 bits per heavy atom. The summed E-state index contributed by atoms with van der Waals surface area (Å²) in [6.45, 7) is 4.78. The van der Waals surface area contributed by atoms with Crippen LogP contribution in [0.3, 0.4) is 0 Å². The van der Waals surface area contributed by atoms with Crippen LogP contribution in [0.4, 0.5) is 9.18 Å². The third-order valence-corrected chi connectivity index (χ3v) is 2.47. The van der Waals surface area contributed by atoms with Gasteiger partial charge in [-0.3, -0.25) is 0 Å². The fourth-order valence-corrected chi connectivity index (χ4v) is 1.60. The van der Waals surface area contributed by atoms with E-state index in [1.165, 1.54) is 0 Å². The van der Waals surface area contributed by atoms with Crippen molar-refractivity contribution in [3.8, 4) is 5.75 Å². The van der Waals surface area contributed by atoms with Crippen LogP contribution in [0.15, 0.2) is 18.2 Å². The minimum absolute atomic E-state index is 0.00555. The largest absolute Gasteiger partial charge is 0.508 e. The summed E-state index contributed by atoms with van der Waals surface area (Å²) in [7, 11) is 0. The molecule has 0 radical (unpaired) electrons. The Bertz CT molecular complexity index is 480. The number of aliphatic hydroxyl groups is 2. The molecule has 0 saturated heterocycles. The van der Waals surface area contributed by atoms with Gasteiger partial charge < -0.3 is 25.4 Å². The zero-order chi connectivity index (χ0) is 16.2. The molecule has 1 rings (SSSR count). The Kier molecular flexibility index (Phi) is 5.51. The minimum Gasteiger partial charge on any atom is -0.508 e. The Labute approximate surface area is 122 Å². The normalized spacial score (nSPS) is 14.4. The average Bonchev–Trinajstić information content (AvgIpc) is 2.31. The van der Waals surface area contributed by atoms with Crippen LogP contribution in [0.5, 0.6) is 5.75 Å². The molecule has 1 amide bonds. The maximum atomic E-state index is 13.1. The second-order valence-corrected chi connectivity index (χ2v) is 5.64. The SMILES string of the molecule is CC(C)(C)OC(=O)NCC(O)C(O)c1cc(O)cc(F)c1. The first-order valence-corrected chi connectivity index (χ1v) is 6.41. The third-order valence-electron chi connectivity index (χ3n) is 2.47. The van der Waals surface area contributed by atoms with Gasteiger partial charge in [-0.2, -0.15) is 0 Å². The molecule has 0 aliphatic carbocycles. The number of nitrogens with one attached hydrogen (secondary N) is 1. The van der Waals surface area contributed by atoms with Crippen molar-refractivity contribution in [2.45, 2.75) is 38.6 Å². The topological polar surface area (TPSA) is 99.0 Å². The molecule has 0 spiro atoms. The number of ether oxygens (including phenoxy) is 1. The molecule has 2 atom stereocenters. The van der Waals surface area contributed by atoms with Crippen molar-refractivity contribution in [3.63, 3.8) is 0 Å². The molecule has 0 saturated carbocycles. The van der Waals surface area contributed by atoms with Crippen molar-refractivity contribution in [2.75, 3.05) is 6.54 Å². The fourth-order valence-electron chi connectivity index (χ4n) is 1.60. The van der Waals surface area contributed by atoms with Crippen LogP contribution in [-0.2, 0) is 4.74 Å². The van der Waals surface area contributed by atoms with Gasteiger partial charge in [0.2, 0.25) is 0 Å². The Morgan fingerprint density at radius 1 is 1.33 bits per heavy atom. The van der Waals surface area contributed by atoms with Crippen molar-refractivity contribution >= 4 is 6.09 Å². The van der Waals surface area contributed by atoms with Gasteiger partial charge in [0, 0.05) is 12.6 Å². The molecule has 7 heteroatoms. The summed E-state index contributed by atoms with van der Waals surface area (Å²) in [4.78, 5) is 11.4. The van der Waals surface area contributed by atoms with Gasteiger partial charge in [-0.25, -0.2) is 9.18 Å². The van der Waals surface area contributed by atoms with E-state index in [9.17, 15) is 24.5 Å². The number of amides is 1. The molecule has 0 heterocycles. The number of halogens is 1. The summed E-state index contributed by atoms with van der Waals surface area (Å²) >= 11 is 0. The highest BCUT2D eigenvalue weighted by Crippen LogP contribution is 2.22. The van der Waals surface area contributed by atoms with Gasteiger partial charge in [-0.05, 0) is 38.5 Å². The molecule has 2 unspecified atom stereocenters. The first-order valence-electron chi connectivity index (χ1n) is 6.41. The Hall–Kier alpha value is -1.86. The summed E-state index contributed by atoms with van der Waals surface area (Å²) in [5, 5.41) is 31.2. The molecule has 1 aromatic rings. The molecule has 0 aliphatic rings. The predicted molar refractivity (Wildman–Crippen MR) is 73.3 cm³/mol. The molecule has 0 aliphatic heterocycles. The van der Waals surface area contributed by atoms with E-state index in [1.807, 2.05) is 0 Å². The van der Waals surface area contributed by atoms with Crippen LogP contribution in [0.1, 0.15) is 32.4 Å². The quantitative estimate of drug-likeness (QED) is 0.674. The highest BCUT2D eigenvalue weighted by molar-refractivity contribution is 5.67. The van der Waals surface area contributed by atoms with Gasteiger partial charge >= 0.3 is 6.09 Å². The number of hydrogen-bond acceptors (Lipinski definition) is 5. The number of hydrogen-bond donors (Lipinski definition) is 4. The number of aromatic hydroxyl groups is 1. The first-order chi connectivity index (χ1) is 9.58. The number of alkyl carbamates (subject to hydrolysis) is 1. The second-order valence-electron chi connectivity index (χ2n) is 5.64. The lowest BCUT2D eigenvalue weighted by atomic mass is 10.0. The van der Waals surface area contributed by atoms with Gasteiger partial charge in [0.1, 0.15) is 29.4 Å². The van der Waals surface area contributed by atoms with Crippen molar-refractivity contribution in [1.82, 2.24) is 5.32 Å². The maximum Gasteiger partial charge on any atom is 0.407 e. The highest BCUT2D eigenvalue weighted by atomic mass is 19.1. The Morgan fingerprint density at radius 3 is 2.48 bits per heavy atom. The number of carbonyl (C=O) groups is 1. The van der Waals surface area contributed by atoms with Crippen LogP contribution >= 0.6 is 0 Å². The molecule has 118 valence electrons. The van der Waals surface area contributed by atoms with Crippen molar-refractivity contribution in [3.05, 3.63) is 29.6 Å². The van der Waals surface area contributed by atoms with E-state index in [-0.39, 0.29) is 17.9 Å². The number of phenolic OH excluding ortho intramolecular Hbond substituents is 1. The van der Waals surface area contributed by atoms with Crippen LogP contribution in [0.25, 0.3) is 0 Å². The molecule has 0 aromatic heterocycles. The zero-order valence-corrected chi connectivity index (χ0v) is 12.1. The van der Waals surface area contributed by atoms with E-state index >= 15 is 0 Å². The third kappa shape index (κ3) is 5.97. The highest BCUT2D eigenvalue weighted by Gasteiger charge is 2.22. The lowest BCUT2D eigenvalue weighted by Gasteiger charge is -2.22. The minimum atomic E-state index is -1.46. The summed E-state index contributed by atoms with van der Waals surface area (Å²) < 4.78 is 18.1. The molecule has 0 fully saturated rings. The van der Waals surface area contributed by atoms with Crippen LogP contribution < -0.4 is 5.32 Å². The number of benzene rings is 1. The van der Waals surface area contributed by atoms with E-state index in [4.69, 9.17) is 4.74 Å². The second kappa shape index (κ2) is 6.73. The first kappa shape index (κ1) is 17.2. The van der Waals surface area contributed by atoms with Gasteiger partial charge in [-0.15, -0.1) is 0 Å². The summed E-state index contributed by atoms with van der Waals surface area (Å²) in [6, 6.07) is 2.99. The number of aliphatic hydroxyl groups excluding tert-OH is 2. The molecule has 6 nitrogen and oxygen atoms in total. The van der Waals surface area contributed by atoms with E-state index in [1.54, 1.807) is 20.8 Å². The van der Waals surface area contributed by atoms with Gasteiger partial charge in [0.25, 0.3) is 0 Å². The van der Waals surface area contributed by atoms with Gasteiger partial charge in [-0.1, -0.05) is 0 Å². The van der Waals surface area contributed by atoms with E-state index in [0.717, 1.165) is 18.2 Å². The number of carbonyl (C=O) groups excluding carboxylic acids is 1. The van der Waals surface area contributed by atoms with Crippen molar-refractivity contribution < 1.29 is 29.2 Å². The van der Waals surface area contributed by atoms with Crippen molar-refractivity contribution in [2.24, 2.45) is 0 Å². The van der Waals surface area contributed by atoms with Crippen molar-refractivity contribution in [1.29, 1.82) is 0 Å². The van der Waals surface area contributed by atoms with E-state index in [0.29, 0.717) is 0 Å².